The SMILES string of the molecule is COC(=O)[C@H](CCSC)NC(=O)N1CCN(S(=O)(=O)c2ccc(F)cc2)CC1. The quantitative estimate of drug-likeness (QED) is 0.648. The number of nitrogens with one attached hydrogen (secondary N) is 1. The monoisotopic (exact) mass is 433 g/mol. The number of esters is 1. The van der Waals surface area contributed by atoms with Crippen molar-refractivity contribution in [2.45, 2.75) is 17.4 Å². The molecule has 0 aromatic heterocycles. The largest absolute Gasteiger partial charge is 0.467 e. The molecule has 1 N–H and O–H groups in total. The van der Waals surface area contributed by atoms with Crippen LogP contribution in [0.25, 0.3) is 0 Å². The Morgan fingerprint density at radius 1 is 1.21 bits per heavy atom. The van der Waals surface area contributed by atoms with Gasteiger partial charge in [0.1, 0.15) is 11.9 Å². The third-order valence-corrected chi connectivity index (χ3v) is 6.93. The molecular formula is C17H24FN3O5S2. The number of thioether (sulfide) groups is 1. The van der Waals surface area contributed by atoms with Gasteiger partial charge < -0.3 is 15.0 Å². The molecule has 1 aliphatic heterocycles. The molecule has 1 atom stereocenters. The number of halogens is 1. The number of carbonyl (C=O) groups is 2. The van der Waals surface area contributed by atoms with Gasteiger partial charge in [0.25, 0.3) is 0 Å². The van der Waals surface area contributed by atoms with E-state index in [0.29, 0.717) is 12.2 Å². The van der Waals surface area contributed by atoms with Gasteiger partial charge in [0.15, 0.2) is 0 Å². The van der Waals surface area contributed by atoms with E-state index in [0.717, 1.165) is 12.1 Å². The van der Waals surface area contributed by atoms with Crippen LogP contribution in [0.15, 0.2) is 29.2 Å². The van der Waals surface area contributed by atoms with Crippen LogP contribution in [0.5, 0.6) is 0 Å². The van der Waals surface area contributed by atoms with E-state index in [4.69, 9.17) is 4.74 Å². The third-order valence-electron chi connectivity index (χ3n) is 4.37. The van der Waals surface area contributed by atoms with Crippen molar-refractivity contribution in [2.75, 3.05) is 45.3 Å². The van der Waals surface area contributed by atoms with Crippen molar-refractivity contribution >= 4 is 33.8 Å². The summed E-state index contributed by atoms with van der Waals surface area (Å²) in [6.45, 7) is 0.590. The number of rotatable bonds is 7. The van der Waals surface area contributed by atoms with Crippen molar-refractivity contribution in [2.24, 2.45) is 0 Å². The summed E-state index contributed by atoms with van der Waals surface area (Å²) in [7, 11) is -2.49. The molecule has 11 heteroatoms. The molecular weight excluding hydrogens is 409 g/mol. The minimum absolute atomic E-state index is 0.00891. The lowest BCUT2D eigenvalue weighted by Crippen LogP contribution is -2.55. The standard InChI is InChI=1S/C17H24FN3O5S2/c1-26-16(22)15(7-12-27-2)19-17(23)20-8-10-21(11-9-20)28(24,25)14-5-3-13(18)4-6-14/h3-6,15H,7-12H2,1-2H3,(H,19,23)/t15-/m0/s1. The summed E-state index contributed by atoms with van der Waals surface area (Å²) in [5.41, 5.74) is 0. The summed E-state index contributed by atoms with van der Waals surface area (Å²) < 4.78 is 44.2. The molecule has 156 valence electrons. The molecule has 2 amide bonds. The number of ether oxygens (including phenoxy) is 1. The molecule has 1 aromatic carbocycles. The molecule has 1 fully saturated rings. The highest BCUT2D eigenvalue weighted by Gasteiger charge is 2.31. The van der Waals surface area contributed by atoms with Crippen LogP contribution in [0.3, 0.4) is 0 Å². The van der Waals surface area contributed by atoms with Gasteiger partial charge in [-0.1, -0.05) is 0 Å². The van der Waals surface area contributed by atoms with Gasteiger partial charge in [-0.05, 0) is 42.7 Å². The predicted octanol–water partition coefficient (Wildman–Crippen LogP) is 1.14. The zero-order chi connectivity index (χ0) is 20.7. The molecule has 2 rings (SSSR count). The number of sulfonamides is 1. The van der Waals surface area contributed by atoms with E-state index in [1.165, 1.54) is 28.4 Å². The first-order chi connectivity index (χ1) is 13.3. The summed E-state index contributed by atoms with van der Waals surface area (Å²) >= 11 is 1.55. The summed E-state index contributed by atoms with van der Waals surface area (Å²) in [6.07, 6.45) is 2.34. The molecule has 1 aliphatic rings. The van der Waals surface area contributed by atoms with Gasteiger partial charge in [-0.25, -0.2) is 22.4 Å². The van der Waals surface area contributed by atoms with Gasteiger partial charge >= 0.3 is 12.0 Å². The van der Waals surface area contributed by atoms with Crippen LogP contribution in [-0.4, -0.2) is 81.0 Å². The van der Waals surface area contributed by atoms with E-state index in [1.807, 2.05) is 6.26 Å². The number of methoxy groups -OCH3 is 1. The number of benzene rings is 1. The average molecular weight is 434 g/mol. The lowest BCUT2D eigenvalue weighted by molar-refractivity contribution is -0.142. The average Bonchev–Trinajstić information content (AvgIpc) is 2.70. The van der Waals surface area contributed by atoms with Crippen molar-refractivity contribution < 1.29 is 27.1 Å². The van der Waals surface area contributed by atoms with Crippen molar-refractivity contribution in [3.05, 3.63) is 30.1 Å². The second-order valence-corrected chi connectivity index (χ2v) is 9.08. The Bertz CT molecular complexity index is 780. The lowest BCUT2D eigenvalue weighted by Gasteiger charge is -2.34. The molecule has 1 saturated heterocycles. The highest BCUT2D eigenvalue weighted by atomic mass is 32.2. The summed E-state index contributed by atoms with van der Waals surface area (Å²) in [6, 6.07) is 3.45. The minimum atomic E-state index is -3.75. The number of nitrogens with zero attached hydrogens (tertiary/aromatic N) is 2. The molecule has 8 nitrogen and oxygen atoms in total. The lowest BCUT2D eigenvalue weighted by atomic mass is 10.2. The highest BCUT2D eigenvalue weighted by Crippen LogP contribution is 2.18. The zero-order valence-corrected chi connectivity index (χ0v) is 17.4. The molecule has 0 saturated carbocycles. The first-order valence-corrected chi connectivity index (χ1v) is 11.5. The number of hydrogen-bond donors (Lipinski definition) is 1. The molecule has 0 radical (unpaired) electrons. The van der Waals surface area contributed by atoms with E-state index in [9.17, 15) is 22.4 Å². The van der Waals surface area contributed by atoms with Gasteiger partial charge in [-0.3, -0.25) is 0 Å². The number of piperazine rings is 1. The van der Waals surface area contributed by atoms with Crippen molar-refractivity contribution in [1.29, 1.82) is 0 Å². The molecule has 0 spiro atoms. The Hall–Kier alpha value is -1.85. The van der Waals surface area contributed by atoms with Gasteiger partial charge in [-0.15, -0.1) is 0 Å². The van der Waals surface area contributed by atoms with Gasteiger partial charge in [-0.2, -0.15) is 16.1 Å². The van der Waals surface area contributed by atoms with Crippen LogP contribution >= 0.6 is 11.8 Å². The molecule has 28 heavy (non-hydrogen) atoms. The topological polar surface area (TPSA) is 96.0 Å². The normalized spacial score (nSPS) is 16.5. The smallest absolute Gasteiger partial charge is 0.328 e. The van der Waals surface area contributed by atoms with E-state index < -0.39 is 33.9 Å². The van der Waals surface area contributed by atoms with Gasteiger partial charge in [0, 0.05) is 26.2 Å². The Labute approximate surface area is 168 Å². The maximum absolute atomic E-state index is 13.0. The molecule has 1 heterocycles. The maximum atomic E-state index is 13.0. The van der Waals surface area contributed by atoms with Gasteiger partial charge in [0.2, 0.25) is 10.0 Å². The number of hydrogen-bond acceptors (Lipinski definition) is 6. The van der Waals surface area contributed by atoms with Crippen LogP contribution < -0.4 is 5.32 Å². The second-order valence-electron chi connectivity index (χ2n) is 6.15. The highest BCUT2D eigenvalue weighted by molar-refractivity contribution is 7.98. The van der Waals surface area contributed by atoms with Crippen molar-refractivity contribution in [3.8, 4) is 0 Å². The number of carbonyl (C=O) groups excluding carboxylic acids is 2. The van der Waals surface area contributed by atoms with E-state index in [2.05, 4.69) is 5.32 Å². The Morgan fingerprint density at radius 2 is 1.82 bits per heavy atom. The maximum Gasteiger partial charge on any atom is 0.328 e. The Balaban J connectivity index is 1.95. The van der Waals surface area contributed by atoms with Crippen LogP contribution in [0.1, 0.15) is 6.42 Å². The van der Waals surface area contributed by atoms with E-state index >= 15 is 0 Å². The fourth-order valence-electron chi connectivity index (χ4n) is 2.75. The molecule has 0 unspecified atom stereocenters. The molecule has 1 aromatic rings. The Morgan fingerprint density at radius 3 is 2.36 bits per heavy atom. The van der Waals surface area contributed by atoms with E-state index in [-0.39, 0.29) is 31.1 Å². The molecule has 0 aliphatic carbocycles. The van der Waals surface area contributed by atoms with Crippen molar-refractivity contribution in [1.82, 2.24) is 14.5 Å². The van der Waals surface area contributed by atoms with Crippen molar-refractivity contribution in [3.63, 3.8) is 0 Å². The van der Waals surface area contributed by atoms with Crippen LogP contribution in [-0.2, 0) is 19.6 Å². The second kappa shape index (κ2) is 10.1. The zero-order valence-electron chi connectivity index (χ0n) is 15.8. The fraction of sp³-hybridized carbons (Fsp3) is 0.529. The Kier molecular flexibility index (Phi) is 8.08. The fourth-order valence-corrected chi connectivity index (χ4v) is 4.65. The van der Waals surface area contributed by atoms with Gasteiger partial charge in [0.05, 0.1) is 12.0 Å². The minimum Gasteiger partial charge on any atom is -0.467 e. The van der Waals surface area contributed by atoms with Crippen LogP contribution in [0.2, 0.25) is 0 Å². The van der Waals surface area contributed by atoms with Crippen LogP contribution in [0, 0.1) is 5.82 Å². The van der Waals surface area contributed by atoms with Crippen LogP contribution in [0.4, 0.5) is 9.18 Å². The first-order valence-electron chi connectivity index (χ1n) is 8.67. The third kappa shape index (κ3) is 5.58. The van der Waals surface area contributed by atoms with E-state index in [1.54, 1.807) is 11.8 Å². The summed E-state index contributed by atoms with van der Waals surface area (Å²) in [4.78, 5) is 25.7. The first kappa shape index (κ1) is 22.4. The number of amides is 2. The summed E-state index contributed by atoms with van der Waals surface area (Å²) in [5, 5.41) is 2.65. The molecule has 0 bridgehead atoms. The predicted molar refractivity (Wildman–Crippen MR) is 104 cm³/mol. The number of urea groups is 1. The summed E-state index contributed by atoms with van der Waals surface area (Å²) in [5.74, 6) is -0.342.